The van der Waals surface area contributed by atoms with Crippen molar-refractivity contribution in [2.45, 2.75) is 26.3 Å². The van der Waals surface area contributed by atoms with Crippen molar-refractivity contribution in [3.63, 3.8) is 0 Å². The van der Waals surface area contributed by atoms with E-state index >= 15 is 0 Å². The molecular weight excluding hydrogens is 291 g/mol. The van der Waals surface area contributed by atoms with Gasteiger partial charge in [-0.25, -0.2) is 4.98 Å². The average molecular weight is 307 g/mol. The second-order valence-corrected chi connectivity index (χ2v) is 6.76. The Morgan fingerprint density at radius 2 is 2.00 bits per heavy atom. The zero-order chi connectivity index (χ0) is 14.3. The van der Waals surface area contributed by atoms with Gasteiger partial charge in [-0.3, -0.25) is 0 Å². The van der Waals surface area contributed by atoms with Gasteiger partial charge in [0.15, 0.2) is 0 Å². The van der Waals surface area contributed by atoms with Crippen LogP contribution < -0.4 is 5.32 Å². The first kappa shape index (κ1) is 13.7. The van der Waals surface area contributed by atoms with Crippen molar-refractivity contribution in [2.24, 2.45) is 5.41 Å². The summed E-state index contributed by atoms with van der Waals surface area (Å²) in [7, 11) is 0. The highest BCUT2D eigenvalue weighted by atomic mass is 35.5. The number of benzene rings is 1. The van der Waals surface area contributed by atoms with E-state index in [-0.39, 0.29) is 11.5 Å². The van der Waals surface area contributed by atoms with Gasteiger partial charge in [0.2, 0.25) is 0 Å². The van der Waals surface area contributed by atoms with E-state index < -0.39 is 0 Å². The molecule has 3 rings (SSSR count). The van der Waals surface area contributed by atoms with Crippen LogP contribution in [-0.2, 0) is 6.42 Å². The molecule has 104 valence electrons. The fourth-order valence-electron chi connectivity index (χ4n) is 2.92. The number of pyridine rings is 1. The van der Waals surface area contributed by atoms with E-state index in [9.17, 15) is 0 Å². The smallest absolute Gasteiger partial charge is 0.131 e. The Labute approximate surface area is 129 Å². The summed E-state index contributed by atoms with van der Waals surface area (Å²) in [6, 6.07) is 11.9. The molecule has 0 saturated carbocycles. The highest BCUT2D eigenvalue weighted by molar-refractivity contribution is 6.30. The standard InChI is InChI=1S/C16H16Cl2N2/c1-16(2)9-10-6-7-11(17)8-12(10)15(16)20-14-5-3-4-13(18)19-14/h3-8,15H,9H2,1-2H3,(H,19,20). The molecule has 1 aliphatic rings. The molecule has 2 nitrogen and oxygen atoms in total. The monoisotopic (exact) mass is 306 g/mol. The molecule has 2 aromatic rings. The summed E-state index contributed by atoms with van der Waals surface area (Å²) in [4.78, 5) is 4.32. The first-order valence-electron chi connectivity index (χ1n) is 6.63. The number of halogens is 2. The van der Waals surface area contributed by atoms with Crippen LogP contribution in [0.1, 0.15) is 31.0 Å². The van der Waals surface area contributed by atoms with Gasteiger partial charge in [0.25, 0.3) is 0 Å². The normalized spacial score (nSPS) is 19.7. The SMILES string of the molecule is CC1(C)Cc2ccc(Cl)cc2C1Nc1cccc(Cl)n1. The van der Waals surface area contributed by atoms with Gasteiger partial charge in [-0.1, -0.05) is 49.2 Å². The molecule has 1 aromatic heterocycles. The summed E-state index contributed by atoms with van der Waals surface area (Å²) < 4.78 is 0. The minimum atomic E-state index is 0.108. The number of nitrogens with one attached hydrogen (secondary N) is 1. The molecule has 0 fully saturated rings. The molecule has 4 heteroatoms. The van der Waals surface area contributed by atoms with Crippen molar-refractivity contribution < 1.29 is 0 Å². The van der Waals surface area contributed by atoms with Crippen molar-refractivity contribution in [1.82, 2.24) is 4.98 Å². The summed E-state index contributed by atoms with van der Waals surface area (Å²) in [5, 5.41) is 4.77. The van der Waals surface area contributed by atoms with E-state index in [2.05, 4.69) is 30.2 Å². The van der Waals surface area contributed by atoms with E-state index in [1.807, 2.05) is 24.3 Å². The summed E-state index contributed by atoms with van der Waals surface area (Å²) in [6.45, 7) is 4.51. The summed E-state index contributed by atoms with van der Waals surface area (Å²) in [6.07, 6.45) is 1.03. The average Bonchev–Trinajstić information content (AvgIpc) is 2.61. The predicted octanol–water partition coefficient (Wildman–Crippen LogP) is 5.12. The van der Waals surface area contributed by atoms with Crippen molar-refractivity contribution in [2.75, 3.05) is 5.32 Å². The molecule has 1 aromatic carbocycles. The lowest BCUT2D eigenvalue weighted by atomic mass is 9.85. The van der Waals surface area contributed by atoms with Crippen LogP contribution in [0.25, 0.3) is 0 Å². The molecule has 1 atom stereocenters. The van der Waals surface area contributed by atoms with E-state index in [1.54, 1.807) is 6.07 Å². The zero-order valence-corrected chi connectivity index (χ0v) is 13.0. The quantitative estimate of drug-likeness (QED) is 0.779. The molecule has 1 unspecified atom stereocenters. The van der Waals surface area contributed by atoms with Gasteiger partial charge in [0.1, 0.15) is 11.0 Å². The van der Waals surface area contributed by atoms with E-state index in [1.165, 1.54) is 11.1 Å². The molecule has 1 aliphatic carbocycles. The molecule has 0 radical (unpaired) electrons. The fourth-order valence-corrected chi connectivity index (χ4v) is 3.26. The first-order chi connectivity index (χ1) is 9.45. The van der Waals surface area contributed by atoms with Gasteiger partial charge in [-0.15, -0.1) is 0 Å². The van der Waals surface area contributed by atoms with Crippen LogP contribution in [0.5, 0.6) is 0 Å². The number of nitrogens with zero attached hydrogens (tertiary/aromatic N) is 1. The number of hydrogen-bond donors (Lipinski definition) is 1. The Kier molecular flexibility index (Phi) is 3.39. The number of aromatic nitrogens is 1. The highest BCUT2D eigenvalue weighted by Crippen LogP contribution is 2.47. The van der Waals surface area contributed by atoms with Gasteiger partial charge >= 0.3 is 0 Å². The molecule has 0 bridgehead atoms. The van der Waals surface area contributed by atoms with Crippen LogP contribution in [0, 0.1) is 5.41 Å². The maximum atomic E-state index is 6.15. The molecule has 1 heterocycles. The predicted molar refractivity (Wildman–Crippen MR) is 84.5 cm³/mol. The number of anilines is 1. The molecule has 1 N–H and O–H groups in total. The van der Waals surface area contributed by atoms with Gasteiger partial charge in [-0.2, -0.15) is 0 Å². The number of fused-ring (bicyclic) bond motifs is 1. The van der Waals surface area contributed by atoms with Crippen LogP contribution in [-0.4, -0.2) is 4.98 Å². The minimum absolute atomic E-state index is 0.108. The van der Waals surface area contributed by atoms with Crippen molar-refractivity contribution >= 4 is 29.0 Å². The fraction of sp³-hybridized carbons (Fsp3) is 0.312. The third-order valence-electron chi connectivity index (χ3n) is 3.85. The lowest BCUT2D eigenvalue weighted by molar-refractivity contribution is 0.336. The maximum Gasteiger partial charge on any atom is 0.131 e. The Balaban J connectivity index is 1.98. The van der Waals surface area contributed by atoms with Crippen molar-refractivity contribution in [3.05, 3.63) is 57.7 Å². The first-order valence-corrected chi connectivity index (χ1v) is 7.39. The van der Waals surface area contributed by atoms with E-state index in [0.29, 0.717) is 5.15 Å². The van der Waals surface area contributed by atoms with E-state index in [0.717, 1.165) is 17.3 Å². The molecule has 0 amide bonds. The number of rotatable bonds is 2. The van der Waals surface area contributed by atoms with Crippen molar-refractivity contribution in [3.8, 4) is 0 Å². The maximum absolute atomic E-state index is 6.15. The molecule has 0 spiro atoms. The Morgan fingerprint density at radius 1 is 1.20 bits per heavy atom. The molecule has 0 saturated heterocycles. The van der Waals surface area contributed by atoms with Crippen LogP contribution in [0.15, 0.2) is 36.4 Å². The minimum Gasteiger partial charge on any atom is -0.363 e. The van der Waals surface area contributed by atoms with Gasteiger partial charge < -0.3 is 5.32 Å². The van der Waals surface area contributed by atoms with Gasteiger partial charge in [0, 0.05) is 5.02 Å². The van der Waals surface area contributed by atoms with Gasteiger partial charge in [-0.05, 0) is 47.2 Å². The second kappa shape index (κ2) is 4.94. The lowest BCUT2D eigenvalue weighted by Gasteiger charge is -2.29. The topological polar surface area (TPSA) is 24.9 Å². The van der Waals surface area contributed by atoms with Gasteiger partial charge in [0.05, 0.1) is 6.04 Å². The van der Waals surface area contributed by atoms with Crippen LogP contribution in [0.3, 0.4) is 0 Å². The summed E-state index contributed by atoms with van der Waals surface area (Å²) in [5.41, 5.74) is 2.71. The van der Waals surface area contributed by atoms with Crippen molar-refractivity contribution in [1.29, 1.82) is 0 Å². The highest BCUT2D eigenvalue weighted by Gasteiger charge is 2.39. The summed E-state index contributed by atoms with van der Waals surface area (Å²) in [5.74, 6) is 0.795. The third kappa shape index (κ3) is 2.50. The Morgan fingerprint density at radius 3 is 2.75 bits per heavy atom. The van der Waals surface area contributed by atoms with Crippen LogP contribution in [0.2, 0.25) is 10.2 Å². The second-order valence-electron chi connectivity index (χ2n) is 5.93. The molecule has 20 heavy (non-hydrogen) atoms. The van der Waals surface area contributed by atoms with E-state index in [4.69, 9.17) is 23.2 Å². The molecular formula is C16H16Cl2N2. The Bertz CT molecular complexity index is 653. The third-order valence-corrected chi connectivity index (χ3v) is 4.30. The largest absolute Gasteiger partial charge is 0.363 e. The van der Waals surface area contributed by atoms with Crippen LogP contribution >= 0.6 is 23.2 Å². The number of hydrogen-bond acceptors (Lipinski definition) is 2. The Hall–Kier alpha value is -1.25. The summed E-state index contributed by atoms with van der Waals surface area (Å²) >= 11 is 12.1. The zero-order valence-electron chi connectivity index (χ0n) is 11.5. The lowest BCUT2D eigenvalue weighted by Crippen LogP contribution is -2.24. The van der Waals surface area contributed by atoms with Crippen LogP contribution in [0.4, 0.5) is 5.82 Å². The molecule has 0 aliphatic heterocycles.